The first kappa shape index (κ1) is 13.5. The van der Waals surface area contributed by atoms with Gasteiger partial charge in [0.15, 0.2) is 0 Å². The zero-order chi connectivity index (χ0) is 11.1. The van der Waals surface area contributed by atoms with E-state index in [-0.39, 0.29) is 5.91 Å². The standard InChI is InChI=1S/C11H20ClNO/c1-5-13(6-2)11(14)10(12)8-7-9(3)4/h8-9H,5-7H2,1-4H3/b10-8-. The van der Waals surface area contributed by atoms with Gasteiger partial charge in [-0.15, -0.1) is 0 Å². The zero-order valence-corrected chi connectivity index (χ0v) is 10.3. The van der Waals surface area contributed by atoms with E-state index >= 15 is 0 Å². The molecule has 0 aromatic rings. The second-order valence-corrected chi connectivity index (χ2v) is 4.07. The van der Waals surface area contributed by atoms with Crippen LogP contribution in [0.15, 0.2) is 11.1 Å². The number of hydrogen-bond donors (Lipinski definition) is 0. The van der Waals surface area contributed by atoms with Crippen LogP contribution in [0, 0.1) is 5.92 Å². The maximum absolute atomic E-state index is 11.6. The van der Waals surface area contributed by atoms with Crippen molar-refractivity contribution < 1.29 is 4.79 Å². The molecule has 0 N–H and O–H groups in total. The summed E-state index contributed by atoms with van der Waals surface area (Å²) >= 11 is 5.90. The monoisotopic (exact) mass is 217 g/mol. The Hall–Kier alpha value is -0.500. The van der Waals surface area contributed by atoms with Gasteiger partial charge in [0.1, 0.15) is 5.03 Å². The molecule has 3 heteroatoms. The molecule has 0 aliphatic rings. The van der Waals surface area contributed by atoms with Crippen molar-refractivity contribution in [2.45, 2.75) is 34.1 Å². The summed E-state index contributed by atoms with van der Waals surface area (Å²) < 4.78 is 0. The van der Waals surface area contributed by atoms with Gasteiger partial charge in [0.25, 0.3) is 5.91 Å². The highest BCUT2D eigenvalue weighted by Crippen LogP contribution is 2.11. The fourth-order valence-electron chi connectivity index (χ4n) is 1.09. The van der Waals surface area contributed by atoms with E-state index in [4.69, 9.17) is 11.6 Å². The number of carbonyl (C=O) groups is 1. The van der Waals surface area contributed by atoms with Crippen LogP contribution in [0.3, 0.4) is 0 Å². The highest BCUT2D eigenvalue weighted by Gasteiger charge is 2.12. The third-order valence-corrected chi connectivity index (χ3v) is 2.34. The van der Waals surface area contributed by atoms with Crippen molar-refractivity contribution in [1.29, 1.82) is 0 Å². The van der Waals surface area contributed by atoms with Crippen molar-refractivity contribution >= 4 is 17.5 Å². The lowest BCUT2D eigenvalue weighted by Crippen LogP contribution is -2.30. The van der Waals surface area contributed by atoms with Gasteiger partial charge in [-0.2, -0.15) is 0 Å². The Morgan fingerprint density at radius 3 is 2.21 bits per heavy atom. The summed E-state index contributed by atoms with van der Waals surface area (Å²) in [6, 6.07) is 0. The van der Waals surface area contributed by atoms with Gasteiger partial charge in [0, 0.05) is 13.1 Å². The van der Waals surface area contributed by atoms with Crippen molar-refractivity contribution in [3.63, 3.8) is 0 Å². The number of carbonyl (C=O) groups excluding carboxylic acids is 1. The van der Waals surface area contributed by atoms with Crippen LogP contribution in [0.25, 0.3) is 0 Å². The molecule has 2 nitrogen and oxygen atoms in total. The first-order chi connectivity index (χ1) is 6.52. The van der Waals surface area contributed by atoms with E-state index in [1.54, 1.807) is 4.90 Å². The molecule has 0 spiro atoms. The molecular formula is C11H20ClNO. The lowest BCUT2D eigenvalue weighted by atomic mass is 10.1. The fourth-order valence-corrected chi connectivity index (χ4v) is 1.30. The average Bonchev–Trinajstić information content (AvgIpc) is 2.15. The molecule has 0 rings (SSSR count). The molecule has 0 aliphatic carbocycles. The Balaban J connectivity index is 4.29. The number of rotatable bonds is 5. The third kappa shape index (κ3) is 4.66. The van der Waals surface area contributed by atoms with Gasteiger partial charge in [0.05, 0.1) is 0 Å². The summed E-state index contributed by atoms with van der Waals surface area (Å²) in [7, 11) is 0. The molecule has 0 radical (unpaired) electrons. The van der Waals surface area contributed by atoms with E-state index in [9.17, 15) is 4.79 Å². The fraction of sp³-hybridized carbons (Fsp3) is 0.727. The molecule has 0 aromatic carbocycles. The van der Waals surface area contributed by atoms with Gasteiger partial charge in [0.2, 0.25) is 0 Å². The second kappa shape index (κ2) is 6.88. The molecule has 0 aromatic heterocycles. The van der Waals surface area contributed by atoms with Crippen LogP contribution in [0.4, 0.5) is 0 Å². The molecule has 0 unspecified atom stereocenters. The van der Waals surface area contributed by atoms with E-state index in [0.29, 0.717) is 24.0 Å². The number of likely N-dealkylation sites (N-methyl/N-ethyl adjacent to an activating group) is 1. The SMILES string of the molecule is CCN(CC)C(=O)/C(Cl)=C/CC(C)C. The number of hydrogen-bond acceptors (Lipinski definition) is 1. The van der Waals surface area contributed by atoms with Gasteiger partial charge in [-0.3, -0.25) is 4.79 Å². The molecule has 82 valence electrons. The maximum atomic E-state index is 11.6. The van der Waals surface area contributed by atoms with Crippen LogP contribution < -0.4 is 0 Å². The van der Waals surface area contributed by atoms with Gasteiger partial charge in [-0.25, -0.2) is 0 Å². The Kier molecular flexibility index (Phi) is 6.64. The molecule has 0 heterocycles. The molecule has 0 bridgehead atoms. The minimum absolute atomic E-state index is 0.0580. The lowest BCUT2D eigenvalue weighted by Gasteiger charge is -2.17. The first-order valence-corrected chi connectivity index (χ1v) is 5.55. The second-order valence-electron chi connectivity index (χ2n) is 3.66. The van der Waals surface area contributed by atoms with Crippen molar-refractivity contribution in [2.24, 2.45) is 5.92 Å². The zero-order valence-electron chi connectivity index (χ0n) is 9.51. The number of nitrogens with zero attached hydrogens (tertiary/aromatic N) is 1. The predicted octanol–water partition coefficient (Wildman–Crippen LogP) is 3.02. The Morgan fingerprint density at radius 1 is 1.36 bits per heavy atom. The topological polar surface area (TPSA) is 20.3 Å². The summed E-state index contributed by atoms with van der Waals surface area (Å²) in [6.45, 7) is 9.52. The normalized spacial score (nSPS) is 12.0. The van der Waals surface area contributed by atoms with Gasteiger partial charge < -0.3 is 4.90 Å². The summed E-state index contributed by atoms with van der Waals surface area (Å²) in [4.78, 5) is 13.4. The quantitative estimate of drug-likeness (QED) is 0.649. The largest absolute Gasteiger partial charge is 0.338 e. The summed E-state index contributed by atoms with van der Waals surface area (Å²) in [6.07, 6.45) is 2.67. The molecule has 0 fully saturated rings. The third-order valence-electron chi connectivity index (χ3n) is 2.02. The molecule has 0 saturated carbocycles. The first-order valence-electron chi connectivity index (χ1n) is 5.17. The van der Waals surface area contributed by atoms with Crippen molar-refractivity contribution in [1.82, 2.24) is 4.90 Å². The predicted molar refractivity (Wildman–Crippen MR) is 61.3 cm³/mol. The van der Waals surface area contributed by atoms with Gasteiger partial charge in [-0.1, -0.05) is 31.5 Å². The number of allylic oxidation sites excluding steroid dienone is 1. The van der Waals surface area contributed by atoms with E-state index in [1.165, 1.54) is 0 Å². The highest BCUT2D eigenvalue weighted by molar-refractivity contribution is 6.42. The minimum Gasteiger partial charge on any atom is -0.338 e. The lowest BCUT2D eigenvalue weighted by molar-refractivity contribution is -0.126. The Labute approximate surface area is 91.9 Å². The number of amides is 1. The van der Waals surface area contributed by atoms with Crippen molar-refractivity contribution in [3.05, 3.63) is 11.1 Å². The smallest absolute Gasteiger partial charge is 0.264 e. The number of halogens is 1. The molecule has 1 amide bonds. The van der Waals surface area contributed by atoms with Crippen LogP contribution in [0.5, 0.6) is 0 Å². The summed E-state index contributed by atoms with van der Waals surface area (Å²) in [5.41, 5.74) is 0. The van der Waals surface area contributed by atoms with E-state index in [2.05, 4.69) is 13.8 Å². The molecular weight excluding hydrogens is 198 g/mol. The van der Waals surface area contributed by atoms with E-state index in [1.807, 2.05) is 19.9 Å². The average molecular weight is 218 g/mol. The van der Waals surface area contributed by atoms with Crippen molar-refractivity contribution in [2.75, 3.05) is 13.1 Å². The molecule has 0 aliphatic heterocycles. The molecule has 0 saturated heterocycles. The van der Waals surface area contributed by atoms with Crippen LogP contribution >= 0.6 is 11.6 Å². The van der Waals surface area contributed by atoms with E-state index in [0.717, 1.165) is 6.42 Å². The summed E-state index contributed by atoms with van der Waals surface area (Å²) in [5, 5.41) is 0.349. The molecule has 14 heavy (non-hydrogen) atoms. The van der Waals surface area contributed by atoms with Crippen LogP contribution in [0.1, 0.15) is 34.1 Å². The van der Waals surface area contributed by atoms with E-state index < -0.39 is 0 Å². The Morgan fingerprint density at radius 2 is 1.86 bits per heavy atom. The Bertz CT molecular complexity index is 207. The van der Waals surface area contributed by atoms with Crippen LogP contribution in [-0.2, 0) is 4.79 Å². The van der Waals surface area contributed by atoms with Crippen molar-refractivity contribution in [3.8, 4) is 0 Å². The maximum Gasteiger partial charge on any atom is 0.264 e. The van der Waals surface area contributed by atoms with Crippen LogP contribution in [-0.4, -0.2) is 23.9 Å². The highest BCUT2D eigenvalue weighted by atomic mass is 35.5. The molecule has 0 atom stereocenters. The minimum atomic E-state index is -0.0580. The van der Waals surface area contributed by atoms with Gasteiger partial charge in [-0.05, 0) is 26.2 Å². The van der Waals surface area contributed by atoms with Crippen LogP contribution in [0.2, 0.25) is 0 Å². The van der Waals surface area contributed by atoms with Gasteiger partial charge >= 0.3 is 0 Å². The summed E-state index contributed by atoms with van der Waals surface area (Å²) in [5.74, 6) is 0.477.